The Morgan fingerprint density at radius 2 is 2.09 bits per heavy atom. The summed E-state index contributed by atoms with van der Waals surface area (Å²) in [4.78, 5) is 1.32. The molecule has 0 radical (unpaired) electrons. The Morgan fingerprint density at radius 3 is 2.45 bits per heavy atom. The van der Waals surface area contributed by atoms with Crippen LogP contribution in [0.1, 0.15) is 17.7 Å². The van der Waals surface area contributed by atoms with Crippen LogP contribution < -0.4 is 5.73 Å². The molecule has 1 aromatic heterocycles. The summed E-state index contributed by atoms with van der Waals surface area (Å²) >= 11 is 5.16. The van der Waals surface area contributed by atoms with Gasteiger partial charge in [-0.3, -0.25) is 0 Å². The highest BCUT2D eigenvalue weighted by Gasteiger charge is 2.41. The van der Waals surface area contributed by atoms with Gasteiger partial charge in [0.2, 0.25) is 0 Å². The fourth-order valence-corrected chi connectivity index (χ4v) is 2.51. The molecule has 0 amide bonds. The molecule has 0 aliphatic heterocycles. The summed E-state index contributed by atoms with van der Waals surface area (Å²) in [6.45, 7) is 0. The maximum atomic E-state index is 5.97. The van der Waals surface area contributed by atoms with Crippen molar-refractivity contribution in [3.8, 4) is 0 Å². The molecule has 1 aliphatic rings. The molecule has 1 aromatic rings. The van der Waals surface area contributed by atoms with Gasteiger partial charge in [0, 0.05) is 4.88 Å². The fourth-order valence-electron chi connectivity index (χ4n) is 0.963. The third-order valence-electron chi connectivity index (χ3n) is 1.85. The topological polar surface area (TPSA) is 26.0 Å². The van der Waals surface area contributed by atoms with Crippen molar-refractivity contribution in [2.45, 2.75) is 18.4 Å². The van der Waals surface area contributed by atoms with Gasteiger partial charge in [-0.15, -0.1) is 23.7 Å². The van der Waals surface area contributed by atoms with E-state index in [2.05, 4.69) is 28.1 Å². The summed E-state index contributed by atoms with van der Waals surface area (Å²) < 4.78 is 1.18. The highest BCUT2D eigenvalue weighted by atomic mass is 79.9. The lowest BCUT2D eigenvalue weighted by Gasteiger charge is -2.02. The number of hydrogen-bond donors (Lipinski definition) is 1. The maximum Gasteiger partial charge on any atom is 0.0702 e. The molecule has 11 heavy (non-hydrogen) atoms. The van der Waals surface area contributed by atoms with Crippen LogP contribution in [0.25, 0.3) is 0 Å². The molecule has 1 aliphatic carbocycles. The van der Waals surface area contributed by atoms with E-state index in [1.807, 2.05) is 0 Å². The predicted octanol–water partition coefficient (Wildman–Crippen LogP) is 2.88. The third-order valence-corrected chi connectivity index (χ3v) is 3.70. The van der Waals surface area contributed by atoms with Crippen LogP contribution in [0.15, 0.2) is 15.9 Å². The first-order chi connectivity index (χ1) is 4.71. The van der Waals surface area contributed by atoms with Crippen LogP contribution in [0.5, 0.6) is 0 Å². The van der Waals surface area contributed by atoms with Gasteiger partial charge in [0.1, 0.15) is 0 Å². The summed E-state index contributed by atoms with van der Waals surface area (Å²) in [5, 5.41) is 0. The molecule has 1 saturated carbocycles. The number of rotatable bonds is 1. The Morgan fingerprint density at radius 1 is 1.45 bits per heavy atom. The number of thiophene rings is 1. The van der Waals surface area contributed by atoms with E-state index >= 15 is 0 Å². The van der Waals surface area contributed by atoms with Crippen molar-refractivity contribution >= 4 is 39.7 Å². The van der Waals surface area contributed by atoms with E-state index in [4.69, 9.17) is 5.73 Å². The lowest BCUT2D eigenvalue weighted by Crippen LogP contribution is -2.16. The highest BCUT2D eigenvalue weighted by molar-refractivity contribution is 9.11. The van der Waals surface area contributed by atoms with Gasteiger partial charge >= 0.3 is 0 Å². The van der Waals surface area contributed by atoms with Crippen LogP contribution in [-0.2, 0) is 5.54 Å². The van der Waals surface area contributed by atoms with Gasteiger partial charge in [0.15, 0.2) is 0 Å². The smallest absolute Gasteiger partial charge is 0.0702 e. The predicted molar refractivity (Wildman–Crippen MR) is 54.4 cm³/mol. The Labute approximate surface area is 84.5 Å². The van der Waals surface area contributed by atoms with Gasteiger partial charge in [-0.25, -0.2) is 0 Å². The van der Waals surface area contributed by atoms with Crippen LogP contribution in [0.4, 0.5) is 0 Å². The molecule has 2 rings (SSSR count). The first-order valence-electron chi connectivity index (χ1n) is 3.25. The van der Waals surface area contributed by atoms with E-state index < -0.39 is 0 Å². The number of halogens is 2. The first kappa shape index (κ1) is 9.52. The molecule has 0 bridgehead atoms. The van der Waals surface area contributed by atoms with E-state index in [0.29, 0.717) is 0 Å². The summed E-state index contributed by atoms with van der Waals surface area (Å²) in [6.07, 6.45) is 2.31. The van der Waals surface area contributed by atoms with Crippen LogP contribution in [0, 0.1) is 0 Å². The molecule has 62 valence electrons. The van der Waals surface area contributed by atoms with Crippen LogP contribution in [-0.4, -0.2) is 0 Å². The molecule has 0 spiro atoms. The zero-order valence-corrected chi connectivity index (χ0v) is 9.06. The average molecular weight is 255 g/mol. The highest BCUT2D eigenvalue weighted by Crippen LogP contribution is 2.46. The van der Waals surface area contributed by atoms with Crippen molar-refractivity contribution in [3.63, 3.8) is 0 Å². The third kappa shape index (κ3) is 1.78. The fraction of sp³-hybridized carbons (Fsp3) is 0.429. The second-order valence-corrected chi connectivity index (χ2v) is 5.22. The minimum atomic E-state index is 0. The molecule has 1 nitrogen and oxygen atoms in total. The minimum Gasteiger partial charge on any atom is -0.321 e. The summed E-state index contributed by atoms with van der Waals surface area (Å²) in [5.74, 6) is 0. The van der Waals surface area contributed by atoms with Crippen molar-refractivity contribution < 1.29 is 0 Å². The molecular weight excluding hydrogens is 246 g/mol. The zero-order valence-electron chi connectivity index (χ0n) is 5.84. The van der Waals surface area contributed by atoms with Gasteiger partial charge < -0.3 is 5.73 Å². The van der Waals surface area contributed by atoms with E-state index in [-0.39, 0.29) is 17.9 Å². The molecule has 2 N–H and O–H groups in total. The van der Waals surface area contributed by atoms with Gasteiger partial charge in [-0.05, 0) is 40.9 Å². The SMILES string of the molecule is Cl.NC1(c2ccc(Br)s2)CC1. The molecular formula is C7H9BrClNS. The first-order valence-corrected chi connectivity index (χ1v) is 4.86. The largest absolute Gasteiger partial charge is 0.321 e. The zero-order chi connectivity index (χ0) is 7.19. The molecule has 0 unspecified atom stereocenters. The van der Waals surface area contributed by atoms with Crippen LogP contribution >= 0.6 is 39.7 Å². The molecule has 1 heterocycles. The van der Waals surface area contributed by atoms with Crippen molar-refractivity contribution in [1.29, 1.82) is 0 Å². The van der Waals surface area contributed by atoms with Gasteiger partial charge in [0.05, 0.1) is 9.33 Å². The Kier molecular flexibility index (Phi) is 2.64. The monoisotopic (exact) mass is 253 g/mol. The standard InChI is InChI=1S/C7H8BrNS.ClH/c8-6-2-1-5(10-6)7(9)3-4-7;/h1-2H,3-4,9H2;1H. The van der Waals surface area contributed by atoms with E-state index in [1.165, 1.54) is 8.66 Å². The van der Waals surface area contributed by atoms with Crippen molar-refractivity contribution in [2.24, 2.45) is 5.73 Å². The van der Waals surface area contributed by atoms with E-state index in [1.54, 1.807) is 11.3 Å². The van der Waals surface area contributed by atoms with Gasteiger partial charge in [-0.1, -0.05) is 0 Å². The van der Waals surface area contributed by atoms with E-state index in [0.717, 1.165) is 12.8 Å². The van der Waals surface area contributed by atoms with Gasteiger partial charge in [-0.2, -0.15) is 0 Å². The van der Waals surface area contributed by atoms with Gasteiger partial charge in [0.25, 0.3) is 0 Å². The summed E-state index contributed by atoms with van der Waals surface area (Å²) in [6, 6.07) is 4.18. The van der Waals surface area contributed by atoms with Crippen molar-refractivity contribution in [1.82, 2.24) is 0 Å². The second-order valence-electron chi connectivity index (χ2n) is 2.76. The maximum absolute atomic E-state index is 5.97. The molecule has 1 fully saturated rings. The minimum absolute atomic E-state index is 0. The van der Waals surface area contributed by atoms with Crippen molar-refractivity contribution in [2.75, 3.05) is 0 Å². The number of nitrogens with two attached hydrogens (primary N) is 1. The van der Waals surface area contributed by atoms with E-state index in [9.17, 15) is 0 Å². The lowest BCUT2D eigenvalue weighted by atomic mass is 10.2. The molecule has 0 aromatic carbocycles. The Balaban J connectivity index is 0.000000605. The summed E-state index contributed by atoms with van der Waals surface area (Å²) in [7, 11) is 0. The lowest BCUT2D eigenvalue weighted by molar-refractivity contribution is 0.759. The molecule has 4 heteroatoms. The quantitative estimate of drug-likeness (QED) is 0.819. The molecule has 0 saturated heterocycles. The average Bonchev–Trinajstić information content (AvgIpc) is 2.45. The second kappa shape index (κ2) is 3.05. The van der Waals surface area contributed by atoms with Crippen LogP contribution in [0.3, 0.4) is 0 Å². The number of hydrogen-bond acceptors (Lipinski definition) is 2. The Hall–Kier alpha value is 0.430. The molecule has 0 atom stereocenters. The van der Waals surface area contributed by atoms with Crippen molar-refractivity contribution in [3.05, 3.63) is 20.8 Å². The Bertz CT molecular complexity index is 257. The van der Waals surface area contributed by atoms with Crippen LogP contribution in [0.2, 0.25) is 0 Å². The summed E-state index contributed by atoms with van der Waals surface area (Å²) in [5.41, 5.74) is 6.02. The normalized spacial score (nSPS) is 19.1.